The summed E-state index contributed by atoms with van der Waals surface area (Å²) in [4.78, 5) is 16.9. The van der Waals surface area contributed by atoms with Crippen LogP contribution >= 0.6 is 11.3 Å². The molecule has 0 saturated carbocycles. The summed E-state index contributed by atoms with van der Waals surface area (Å²) in [5.41, 5.74) is 1.35. The fourth-order valence-electron chi connectivity index (χ4n) is 3.43. The van der Waals surface area contributed by atoms with Gasteiger partial charge < -0.3 is 25.0 Å². The Morgan fingerprint density at radius 3 is 2.38 bits per heavy atom. The third-order valence-corrected chi connectivity index (χ3v) is 7.74. The number of aliphatic hydroxyl groups is 2. The van der Waals surface area contributed by atoms with Crippen LogP contribution in [0.3, 0.4) is 0 Å². The molecule has 212 valence electrons. The summed E-state index contributed by atoms with van der Waals surface area (Å²) in [6.07, 6.45) is -0.616. The number of ether oxygens (including phenoxy) is 2. The minimum atomic E-state index is -3.98. The highest BCUT2D eigenvalue weighted by Gasteiger charge is 2.26. The van der Waals surface area contributed by atoms with Crippen LogP contribution in [0.1, 0.15) is 34.6 Å². The van der Waals surface area contributed by atoms with E-state index < -0.39 is 28.1 Å². The van der Waals surface area contributed by atoms with E-state index in [1.54, 1.807) is 77.2 Å². The second kappa shape index (κ2) is 12.9. The van der Waals surface area contributed by atoms with Gasteiger partial charge in [-0.3, -0.25) is 5.32 Å². The lowest BCUT2D eigenvalue weighted by Gasteiger charge is -2.22. The van der Waals surface area contributed by atoms with Crippen molar-refractivity contribution in [2.24, 2.45) is 0 Å². The fraction of sp³-hybridized carbons (Fsp3) is 0.385. The molecule has 39 heavy (non-hydrogen) atoms. The van der Waals surface area contributed by atoms with Crippen molar-refractivity contribution in [3.05, 3.63) is 48.7 Å². The SMILES string of the molecule is CC(C)OC(=O)Nc1ccc(-c2ncc(-c3ccc(NC(O)OCCO)cc3S(=O)(=O)NC(C)(C)C)s2)cc1. The van der Waals surface area contributed by atoms with Crippen LogP contribution in [0.25, 0.3) is 21.0 Å². The summed E-state index contributed by atoms with van der Waals surface area (Å²) in [5, 5.41) is 24.9. The van der Waals surface area contributed by atoms with Gasteiger partial charge >= 0.3 is 6.09 Å². The van der Waals surface area contributed by atoms with Crippen LogP contribution in [0.15, 0.2) is 53.6 Å². The number of hydrogen-bond acceptors (Lipinski definition) is 10. The van der Waals surface area contributed by atoms with Gasteiger partial charge in [0.05, 0.1) is 29.1 Å². The van der Waals surface area contributed by atoms with Gasteiger partial charge in [-0.15, -0.1) is 11.3 Å². The highest BCUT2D eigenvalue weighted by atomic mass is 32.2. The molecular weight excluding hydrogens is 544 g/mol. The number of aromatic nitrogens is 1. The van der Waals surface area contributed by atoms with E-state index in [1.165, 1.54) is 17.4 Å². The van der Waals surface area contributed by atoms with Crippen molar-refractivity contribution in [3.8, 4) is 21.0 Å². The molecule has 0 radical (unpaired) electrons. The Morgan fingerprint density at radius 2 is 1.77 bits per heavy atom. The number of carbonyl (C=O) groups excluding carboxylic acids is 1. The summed E-state index contributed by atoms with van der Waals surface area (Å²) >= 11 is 1.31. The second-order valence-electron chi connectivity index (χ2n) is 9.84. The van der Waals surface area contributed by atoms with Crippen LogP contribution in [-0.4, -0.2) is 61.0 Å². The van der Waals surface area contributed by atoms with Crippen molar-refractivity contribution >= 4 is 38.8 Å². The number of nitrogens with one attached hydrogen (secondary N) is 3. The average Bonchev–Trinajstić information content (AvgIpc) is 3.31. The Morgan fingerprint density at radius 1 is 1.10 bits per heavy atom. The lowest BCUT2D eigenvalue weighted by molar-refractivity contribution is -0.0867. The molecule has 13 heteroatoms. The molecule has 0 aliphatic heterocycles. The summed E-state index contributed by atoms with van der Waals surface area (Å²) in [7, 11) is -3.98. The number of benzene rings is 2. The maximum absolute atomic E-state index is 13.4. The molecule has 0 spiro atoms. The first-order valence-electron chi connectivity index (χ1n) is 12.2. The van der Waals surface area contributed by atoms with Crippen LogP contribution in [0.2, 0.25) is 0 Å². The minimum Gasteiger partial charge on any atom is -0.447 e. The smallest absolute Gasteiger partial charge is 0.411 e. The molecule has 3 aromatic rings. The number of hydrogen-bond donors (Lipinski definition) is 5. The Hall–Kier alpha value is -3.07. The van der Waals surface area contributed by atoms with Crippen LogP contribution < -0.4 is 15.4 Å². The van der Waals surface area contributed by atoms with E-state index in [0.29, 0.717) is 26.8 Å². The number of amides is 1. The van der Waals surface area contributed by atoms with Gasteiger partial charge in [-0.1, -0.05) is 6.07 Å². The molecule has 0 aliphatic rings. The average molecular weight is 579 g/mol. The van der Waals surface area contributed by atoms with Crippen LogP contribution in [0, 0.1) is 0 Å². The number of rotatable bonds is 11. The number of aliphatic hydroxyl groups excluding tert-OH is 2. The van der Waals surface area contributed by atoms with Crippen LogP contribution in [0.4, 0.5) is 16.2 Å². The van der Waals surface area contributed by atoms with Gasteiger partial charge in [0.15, 0.2) is 0 Å². The van der Waals surface area contributed by atoms with Crippen molar-refractivity contribution in [1.29, 1.82) is 0 Å². The van der Waals surface area contributed by atoms with Gasteiger partial charge in [-0.25, -0.2) is 22.9 Å². The number of thiazole rings is 1. The van der Waals surface area contributed by atoms with E-state index >= 15 is 0 Å². The van der Waals surface area contributed by atoms with E-state index in [-0.39, 0.29) is 24.2 Å². The number of nitrogens with zero attached hydrogens (tertiary/aromatic N) is 1. The number of sulfonamides is 1. The van der Waals surface area contributed by atoms with E-state index in [4.69, 9.17) is 14.6 Å². The summed E-state index contributed by atoms with van der Waals surface area (Å²) in [5.74, 6) is 0. The zero-order valence-corrected chi connectivity index (χ0v) is 24.0. The highest BCUT2D eigenvalue weighted by Crippen LogP contribution is 2.37. The summed E-state index contributed by atoms with van der Waals surface area (Å²) in [6.45, 7) is 8.38. The first kappa shape index (κ1) is 30.5. The third-order valence-electron chi connectivity index (χ3n) is 4.86. The van der Waals surface area contributed by atoms with Crippen molar-refractivity contribution < 1.29 is 32.9 Å². The molecule has 5 N–H and O–H groups in total. The Bertz CT molecular complexity index is 1370. The van der Waals surface area contributed by atoms with Gasteiger partial charge in [0, 0.05) is 34.2 Å². The lowest BCUT2D eigenvalue weighted by atomic mass is 10.1. The minimum absolute atomic E-state index is 0.00445. The predicted molar refractivity (Wildman–Crippen MR) is 151 cm³/mol. The van der Waals surface area contributed by atoms with E-state index in [1.807, 2.05) is 0 Å². The van der Waals surface area contributed by atoms with Crippen molar-refractivity contribution in [2.45, 2.75) is 57.6 Å². The first-order chi connectivity index (χ1) is 18.3. The molecule has 0 aliphatic carbocycles. The molecular formula is C26H34N4O7S2. The van der Waals surface area contributed by atoms with Crippen molar-refractivity contribution in [2.75, 3.05) is 23.8 Å². The monoisotopic (exact) mass is 578 g/mol. The largest absolute Gasteiger partial charge is 0.447 e. The van der Waals surface area contributed by atoms with Crippen LogP contribution in [0.5, 0.6) is 0 Å². The van der Waals surface area contributed by atoms with Gasteiger partial charge in [-0.05, 0) is 71.0 Å². The molecule has 3 rings (SSSR count). The maximum atomic E-state index is 13.4. The first-order valence-corrected chi connectivity index (χ1v) is 14.5. The quantitative estimate of drug-likeness (QED) is 0.210. The van der Waals surface area contributed by atoms with Gasteiger partial charge in [0.2, 0.25) is 16.4 Å². The molecule has 1 heterocycles. The molecule has 11 nitrogen and oxygen atoms in total. The molecule has 0 fully saturated rings. The van der Waals surface area contributed by atoms with Crippen molar-refractivity contribution in [3.63, 3.8) is 0 Å². The Labute approximate surface area is 232 Å². The molecule has 1 amide bonds. The van der Waals surface area contributed by atoms with Gasteiger partial charge in [0.1, 0.15) is 5.01 Å². The Balaban J connectivity index is 1.92. The number of carbonyl (C=O) groups is 1. The third kappa shape index (κ3) is 8.98. The Kier molecular flexibility index (Phi) is 10.0. The van der Waals surface area contributed by atoms with E-state index in [2.05, 4.69) is 20.3 Å². The van der Waals surface area contributed by atoms with Gasteiger partial charge in [-0.2, -0.15) is 0 Å². The maximum Gasteiger partial charge on any atom is 0.411 e. The fourth-order valence-corrected chi connectivity index (χ4v) is 6.13. The zero-order chi connectivity index (χ0) is 28.8. The normalized spacial score (nSPS) is 12.8. The van der Waals surface area contributed by atoms with E-state index in [9.17, 15) is 18.3 Å². The molecule has 0 saturated heterocycles. The topological polar surface area (TPSA) is 159 Å². The molecule has 2 aromatic carbocycles. The molecule has 1 aromatic heterocycles. The highest BCUT2D eigenvalue weighted by molar-refractivity contribution is 7.89. The van der Waals surface area contributed by atoms with Crippen LogP contribution in [-0.2, 0) is 19.5 Å². The summed E-state index contributed by atoms with van der Waals surface area (Å²) < 4.78 is 39.5. The molecule has 0 bridgehead atoms. The predicted octanol–water partition coefficient (Wildman–Crippen LogP) is 4.21. The van der Waals surface area contributed by atoms with E-state index in [0.717, 1.165) is 5.56 Å². The second-order valence-corrected chi connectivity index (χ2v) is 12.5. The number of anilines is 2. The zero-order valence-electron chi connectivity index (χ0n) is 22.4. The molecule has 1 atom stereocenters. The van der Waals surface area contributed by atoms with Crippen molar-refractivity contribution in [1.82, 2.24) is 9.71 Å². The lowest BCUT2D eigenvalue weighted by Crippen LogP contribution is -2.40. The summed E-state index contributed by atoms with van der Waals surface area (Å²) in [6, 6.07) is 11.7. The van der Waals surface area contributed by atoms with Gasteiger partial charge in [0.25, 0.3) is 0 Å². The molecule has 1 unspecified atom stereocenters. The standard InChI is InChI=1S/C26H34N4O7S2/c1-16(2)37-25(33)28-18-8-6-17(7-9-18)23-27-15-21(38-23)20-11-10-19(29-24(32)36-13-12-31)14-22(20)39(34,35)30-26(3,4)5/h6-11,14-16,24,29-32H,12-13H2,1-5H3,(H,28,33).